The monoisotopic (exact) mass is 143 g/mol. The zero-order chi connectivity index (χ0) is 7.56. The lowest BCUT2D eigenvalue weighted by Gasteiger charge is -2.11. The Kier molecular flexibility index (Phi) is 2.11. The zero-order valence-electron chi connectivity index (χ0n) is 6.08. The van der Waals surface area contributed by atoms with E-state index >= 15 is 0 Å². The number of hydrazone groups is 1. The predicted molar refractivity (Wildman–Crippen MR) is 39.3 cm³/mol. The Hall–Kier alpha value is -0.770. The molecular weight excluding hydrogens is 130 g/mol. The lowest BCUT2D eigenvalue weighted by atomic mass is 10.0. The van der Waals surface area contributed by atoms with E-state index in [1.807, 2.05) is 0 Å². The van der Waals surface area contributed by atoms with Crippen molar-refractivity contribution in [2.45, 2.75) is 19.4 Å². The first-order valence-electron chi connectivity index (χ1n) is 3.40. The van der Waals surface area contributed by atoms with Gasteiger partial charge in [-0.2, -0.15) is 5.10 Å². The van der Waals surface area contributed by atoms with Gasteiger partial charge < -0.3 is 16.3 Å². The van der Waals surface area contributed by atoms with Crippen LogP contribution < -0.4 is 11.6 Å². The van der Waals surface area contributed by atoms with Gasteiger partial charge in [0, 0.05) is 6.61 Å². The number of rotatable bonds is 1. The van der Waals surface area contributed by atoms with Gasteiger partial charge in [-0.25, -0.2) is 0 Å². The fourth-order valence-electron chi connectivity index (χ4n) is 1.15. The summed E-state index contributed by atoms with van der Waals surface area (Å²) >= 11 is 0. The number of ether oxygens (including phenoxy) is 1. The number of nitrogens with zero attached hydrogens (tertiary/aromatic N) is 1. The van der Waals surface area contributed by atoms with E-state index in [1.54, 1.807) is 0 Å². The second-order valence-electron chi connectivity index (χ2n) is 2.61. The molecule has 1 aliphatic rings. The molecule has 10 heavy (non-hydrogen) atoms. The summed E-state index contributed by atoms with van der Waals surface area (Å²) in [6, 6.07) is 0. The molecule has 0 aromatic carbocycles. The molecule has 2 atom stereocenters. The van der Waals surface area contributed by atoms with Crippen LogP contribution in [-0.2, 0) is 4.74 Å². The molecule has 0 spiro atoms. The van der Waals surface area contributed by atoms with E-state index in [0.717, 1.165) is 13.0 Å². The van der Waals surface area contributed by atoms with Crippen molar-refractivity contribution in [3.63, 3.8) is 0 Å². The summed E-state index contributed by atoms with van der Waals surface area (Å²) in [5.41, 5.74) is 5.47. The molecule has 1 saturated heterocycles. The largest absolute Gasteiger partial charge is 0.384 e. The zero-order valence-corrected chi connectivity index (χ0v) is 6.08. The van der Waals surface area contributed by atoms with Crippen LogP contribution in [0.15, 0.2) is 5.10 Å². The fraction of sp³-hybridized carbons (Fsp3) is 0.833. The topological polar surface area (TPSA) is 73.6 Å². The minimum atomic E-state index is -0.0509. The molecule has 0 saturated carbocycles. The summed E-state index contributed by atoms with van der Waals surface area (Å²) in [6.45, 7) is 2.84. The minimum Gasteiger partial charge on any atom is -0.384 e. The smallest absolute Gasteiger partial charge is 0.148 e. The standard InChI is InChI=1S/C6H13N3O/c1-4-2-3-10-5(4)6(7)9-8/h4-5H,2-3,8H2,1H3,(H2,7,9). The molecule has 0 radical (unpaired) electrons. The van der Waals surface area contributed by atoms with Crippen molar-refractivity contribution < 1.29 is 4.74 Å². The second-order valence-corrected chi connectivity index (χ2v) is 2.61. The molecule has 0 aliphatic carbocycles. The molecule has 58 valence electrons. The van der Waals surface area contributed by atoms with Gasteiger partial charge in [0.05, 0.1) is 0 Å². The van der Waals surface area contributed by atoms with E-state index in [9.17, 15) is 0 Å². The summed E-state index contributed by atoms with van der Waals surface area (Å²) < 4.78 is 5.28. The van der Waals surface area contributed by atoms with Crippen molar-refractivity contribution in [1.29, 1.82) is 0 Å². The van der Waals surface area contributed by atoms with Gasteiger partial charge in [0.15, 0.2) is 0 Å². The van der Waals surface area contributed by atoms with Gasteiger partial charge in [-0.1, -0.05) is 6.92 Å². The third-order valence-corrected chi connectivity index (χ3v) is 1.83. The van der Waals surface area contributed by atoms with Crippen molar-refractivity contribution in [3.05, 3.63) is 0 Å². The van der Waals surface area contributed by atoms with E-state index in [0.29, 0.717) is 11.8 Å². The molecule has 0 amide bonds. The van der Waals surface area contributed by atoms with Crippen LogP contribution in [0.3, 0.4) is 0 Å². The summed E-state index contributed by atoms with van der Waals surface area (Å²) in [5.74, 6) is 5.86. The molecule has 1 fully saturated rings. The first-order valence-corrected chi connectivity index (χ1v) is 3.40. The van der Waals surface area contributed by atoms with Crippen LogP contribution in [0.4, 0.5) is 0 Å². The van der Waals surface area contributed by atoms with E-state index in [2.05, 4.69) is 12.0 Å². The minimum absolute atomic E-state index is 0.0509. The van der Waals surface area contributed by atoms with Crippen molar-refractivity contribution in [1.82, 2.24) is 0 Å². The first kappa shape index (κ1) is 7.34. The Morgan fingerprint density at radius 3 is 2.80 bits per heavy atom. The molecule has 2 unspecified atom stereocenters. The quantitative estimate of drug-likeness (QED) is 0.228. The van der Waals surface area contributed by atoms with Crippen LogP contribution in [-0.4, -0.2) is 18.5 Å². The van der Waals surface area contributed by atoms with Gasteiger partial charge in [0.2, 0.25) is 0 Å². The SMILES string of the molecule is CC1CCOC1C(N)=NN. The van der Waals surface area contributed by atoms with E-state index < -0.39 is 0 Å². The molecule has 1 rings (SSSR count). The summed E-state index contributed by atoms with van der Waals surface area (Å²) in [7, 11) is 0. The molecule has 4 heteroatoms. The summed E-state index contributed by atoms with van der Waals surface area (Å²) in [4.78, 5) is 0. The third kappa shape index (κ3) is 1.21. The molecule has 4 N–H and O–H groups in total. The maximum atomic E-state index is 5.47. The lowest BCUT2D eigenvalue weighted by molar-refractivity contribution is 0.144. The summed E-state index contributed by atoms with van der Waals surface area (Å²) in [5, 5.41) is 3.39. The highest BCUT2D eigenvalue weighted by molar-refractivity contribution is 5.85. The fourth-order valence-corrected chi connectivity index (χ4v) is 1.15. The first-order chi connectivity index (χ1) is 4.75. The highest BCUT2D eigenvalue weighted by Crippen LogP contribution is 2.19. The number of hydrogen-bond donors (Lipinski definition) is 2. The Morgan fingerprint density at radius 1 is 1.70 bits per heavy atom. The predicted octanol–water partition coefficient (Wildman–Crippen LogP) is -0.358. The molecule has 0 aromatic rings. The van der Waals surface area contributed by atoms with E-state index in [4.69, 9.17) is 16.3 Å². The highest BCUT2D eigenvalue weighted by Gasteiger charge is 2.27. The third-order valence-electron chi connectivity index (χ3n) is 1.83. The Labute approximate surface area is 60.2 Å². The Bertz CT molecular complexity index is 146. The van der Waals surface area contributed by atoms with Gasteiger partial charge in [-0.15, -0.1) is 0 Å². The molecule has 1 heterocycles. The van der Waals surface area contributed by atoms with E-state index in [1.165, 1.54) is 0 Å². The lowest BCUT2D eigenvalue weighted by Crippen LogP contribution is -2.33. The Morgan fingerprint density at radius 2 is 2.40 bits per heavy atom. The van der Waals surface area contributed by atoms with E-state index in [-0.39, 0.29) is 6.10 Å². The Balaban J connectivity index is 2.55. The molecule has 1 aliphatic heterocycles. The molecule has 0 aromatic heterocycles. The summed E-state index contributed by atoms with van der Waals surface area (Å²) in [6.07, 6.45) is 0.992. The number of nitrogens with two attached hydrogens (primary N) is 2. The van der Waals surface area contributed by atoms with Crippen molar-refractivity contribution in [2.24, 2.45) is 22.6 Å². The van der Waals surface area contributed by atoms with Gasteiger partial charge in [-0.05, 0) is 12.3 Å². The van der Waals surface area contributed by atoms with Crippen LogP contribution in [0.2, 0.25) is 0 Å². The van der Waals surface area contributed by atoms with Gasteiger partial charge in [-0.3, -0.25) is 0 Å². The number of amidine groups is 1. The van der Waals surface area contributed by atoms with Gasteiger partial charge >= 0.3 is 0 Å². The van der Waals surface area contributed by atoms with Crippen LogP contribution >= 0.6 is 0 Å². The molecule has 0 bridgehead atoms. The molecule has 4 nitrogen and oxygen atoms in total. The highest BCUT2D eigenvalue weighted by atomic mass is 16.5. The second kappa shape index (κ2) is 2.88. The maximum absolute atomic E-state index is 5.47. The van der Waals surface area contributed by atoms with Crippen molar-refractivity contribution in [3.8, 4) is 0 Å². The van der Waals surface area contributed by atoms with Crippen LogP contribution in [0, 0.1) is 5.92 Å². The van der Waals surface area contributed by atoms with Crippen molar-refractivity contribution >= 4 is 5.84 Å². The van der Waals surface area contributed by atoms with Crippen LogP contribution in [0.25, 0.3) is 0 Å². The average molecular weight is 143 g/mol. The molecular formula is C6H13N3O. The van der Waals surface area contributed by atoms with Crippen molar-refractivity contribution in [2.75, 3.05) is 6.61 Å². The van der Waals surface area contributed by atoms with Gasteiger partial charge in [0.1, 0.15) is 11.9 Å². The maximum Gasteiger partial charge on any atom is 0.148 e. The normalized spacial score (nSPS) is 34.7. The average Bonchev–Trinajstić information content (AvgIpc) is 2.34. The number of hydrogen-bond acceptors (Lipinski definition) is 3. The van der Waals surface area contributed by atoms with Crippen LogP contribution in [0.1, 0.15) is 13.3 Å². The van der Waals surface area contributed by atoms with Crippen LogP contribution in [0.5, 0.6) is 0 Å². The van der Waals surface area contributed by atoms with Gasteiger partial charge in [0.25, 0.3) is 0 Å².